The van der Waals surface area contributed by atoms with Gasteiger partial charge in [0.25, 0.3) is 5.69 Å². The summed E-state index contributed by atoms with van der Waals surface area (Å²) in [7, 11) is 3.15. The number of ether oxygens (including phenoxy) is 2. The predicted octanol–water partition coefficient (Wildman–Crippen LogP) is 3.45. The summed E-state index contributed by atoms with van der Waals surface area (Å²) >= 11 is 0. The van der Waals surface area contributed by atoms with Crippen LogP contribution in [-0.2, 0) is 0 Å². The second kappa shape index (κ2) is 7.26. The average Bonchev–Trinajstić information content (AvgIpc) is 2.59. The van der Waals surface area contributed by atoms with E-state index in [1.165, 1.54) is 12.1 Å². The zero-order valence-corrected chi connectivity index (χ0v) is 13.1. The highest BCUT2D eigenvalue weighted by Gasteiger charge is 2.07. The van der Waals surface area contributed by atoms with Crippen LogP contribution in [0.25, 0.3) is 0 Å². The standard InChI is InChI=1S/C16H17N3O4/c1-11(12-4-9-15(22-2)16(10-12)23-3)17-18-13-5-7-14(8-6-13)19(20)21/h4-10,18H,1-3H3. The molecule has 0 saturated heterocycles. The maximum Gasteiger partial charge on any atom is 0.269 e. The Morgan fingerprint density at radius 3 is 2.30 bits per heavy atom. The molecule has 23 heavy (non-hydrogen) atoms. The highest BCUT2D eigenvalue weighted by molar-refractivity contribution is 5.99. The van der Waals surface area contributed by atoms with Crippen molar-refractivity contribution in [2.24, 2.45) is 5.10 Å². The molecule has 0 unspecified atom stereocenters. The van der Waals surface area contributed by atoms with Crippen molar-refractivity contribution < 1.29 is 14.4 Å². The number of nitrogens with zero attached hydrogens (tertiary/aromatic N) is 2. The zero-order valence-electron chi connectivity index (χ0n) is 13.1. The van der Waals surface area contributed by atoms with Crippen LogP contribution in [0.4, 0.5) is 11.4 Å². The molecule has 2 rings (SSSR count). The van der Waals surface area contributed by atoms with E-state index in [0.29, 0.717) is 17.2 Å². The fraction of sp³-hybridized carbons (Fsp3) is 0.188. The van der Waals surface area contributed by atoms with Crippen LogP contribution in [0.5, 0.6) is 11.5 Å². The van der Waals surface area contributed by atoms with E-state index in [2.05, 4.69) is 10.5 Å². The molecule has 0 fully saturated rings. The summed E-state index contributed by atoms with van der Waals surface area (Å²) in [6.45, 7) is 1.85. The number of hydrogen-bond donors (Lipinski definition) is 1. The molecule has 120 valence electrons. The molecule has 0 bridgehead atoms. The van der Waals surface area contributed by atoms with Crippen molar-refractivity contribution >= 4 is 17.1 Å². The first-order chi connectivity index (χ1) is 11.0. The van der Waals surface area contributed by atoms with Gasteiger partial charge in [-0.05, 0) is 37.3 Å². The topological polar surface area (TPSA) is 86.0 Å². The van der Waals surface area contributed by atoms with Gasteiger partial charge in [0.05, 0.1) is 30.5 Å². The Morgan fingerprint density at radius 1 is 1.09 bits per heavy atom. The van der Waals surface area contributed by atoms with Crippen molar-refractivity contribution in [2.75, 3.05) is 19.6 Å². The average molecular weight is 315 g/mol. The first-order valence-corrected chi connectivity index (χ1v) is 6.82. The lowest BCUT2D eigenvalue weighted by Gasteiger charge is -2.09. The Kier molecular flexibility index (Phi) is 5.14. The third kappa shape index (κ3) is 3.97. The summed E-state index contributed by atoms with van der Waals surface area (Å²) in [4.78, 5) is 10.2. The molecule has 2 aromatic carbocycles. The maximum atomic E-state index is 10.6. The predicted molar refractivity (Wildman–Crippen MR) is 88.5 cm³/mol. The van der Waals surface area contributed by atoms with E-state index in [1.807, 2.05) is 19.1 Å². The van der Waals surface area contributed by atoms with Crippen LogP contribution >= 0.6 is 0 Å². The van der Waals surface area contributed by atoms with Gasteiger partial charge in [-0.1, -0.05) is 0 Å². The van der Waals surface area contributed by atoms with Crippen LogP contribution in [0.3, 0.4) is 0 Å². The van der Waals surface area contributed by atoms with E-state index in [0.717, 1.165) is 11.3 Å². The van der Waals surface area contributed by atoms with Crippen molar-refractivity contribution in [1.29, 1.82) is 0 Å². The minimum atomic E-state index is -0.443. The molecule has 0 spiro atoms. The highest BCUT2D eigenvalue weighted by Crippen LogP contribution is 2.27. The number of hydrogen-bond acceptors (Lipinski definition) is 6. The number of nitro benzene ring substituents is 1. The molecule has 0 saturated carbocycles. The van der Waals surface area contributed by atoms with E-state index >= 15 is 0 Å². The summed E-state index contributed by atoms with van der Waals surface area (Å²) in [6.07, 6.45) is 0. The second-order valence-electron chi connectivity index (χ2n) is 4.68. The number of nitrogens with one attached hydrogen (secondary N) is 1. The van der Waals surface area contributed by atoms with Gasteiger partial charge in [-0.15, -0.1) is 0 Å². The van der Waals surface area contributed by atoms with Gasteiger partial charge in [-0.3, -0.25) is 15.5 Å². The fourth-order valence-electron chi connectivity index (χ4n) is 1.93. The van der Waals surface area contributed by atoms with Crippen LogP contribution in [-0.4, -0.2) is 24.9 Å². The second-order valence-corrected chi connectivity index (χ2v) is 4.68. The number of methoxy groups -OCH3 is 2. The molecular formula is C16H17N3O4. The van der Waals surface area contributed by atoms with E-state index in [9.17, 15) is 10.1 Å². The highest BCUT2D eigenvalue weighted by atomic mass is 16.6. The SMILES string of the molecule is COc1ccc(C(C)=NNc2ccc([N+](=O)[O-])cc2)cc1OC. The third-order valence-electron chi connectivity index (χ3n) is 3.23. The molecular weight excluding hydrogens is 298 g/mol. The lowest BCUT2D eigenvalue weighted by atomic mass is 10.1. The van der Waals surface area contributed by atoms with Crippen LogP contribution in [0.15, 0.2) is 47.6 Å². The number of hydrazone groups is 1. The van der Waals surface area contributed by atoms with Crippen LogP contribution in [0.2, 0.25) is 0 Å². The fourth-order valence-corrected chi connectivity index (χ4v) is 1.93. The number of rotatable bonds is 6. The van der Waals surface area contributed by atoms with Gasteiger partial charge < -0.3 is 9.47 Å². The summed E-state index contributed by atoms with van der Waals surface area (Å²) in [6, 6.07) is 11.5. The van der Waals surface area contributed by atoms with Crippen molar-refractivity contribution in [3.05, 3.63) is 58.1 Å². The Balaban J connectivity index is 2.14. The molecule has 0 aliphatic heterocycles. The normalized spacial score (nSPS) is 11.0. The molecule has 1 N–H and O–H groups in total. The van der Waals surface area contributed by atoms with Gasteiger partial charge in [0, 0.05) is 17.7 Å². The van der Waals surface area contributed by atoms with E-state index in [1.54, 1.807) is 32.4 Å². The van der Waals surface area contributed by atoms with E-state index in [-0.39, 0.29) is 5.69 Å². The molecule has 0 radical (unpaired) electrons. The molecule has 0 heterocycles. The summed E-state index contributed by atoms with van der Waals surface area (Å²) in [5, 5.41) is 14.9. The minimum absolute atomic E-state index is 0.0381. The largest absolute Gasteiger partial charge is 0.493 e. The first-order valence-electron chi connectivity index (χ1n) is 6.82. The van der Waals surface area contributed by atoms with Crippen molar-refractivity contribution in [3.63, 3.8) is 0 Å². The maximum absolute atomic E-state index is 10.6. The van der Waals surface area contributed by atoms with Crippen molar-refractivity contribution in [1.82, 2.24) is 0 Å². The third-order valence-corrected chi connectivity index (χ3v) is 3.23. The number of benzene rings is 2. The lowest BCUT2D eigenvalue weighted by Crippen LogP contribution is -2.01. The minimum Gasteiger partial charge on any atom is -0.493 e. The zero-order chi connectivity index (χ0) is 16.8. The van der Waals surface area contributed by atoms with Gasteiger partial charge in [0.1, 0.15) is 0 Å². The molecule has 2 aromatic rings. The van der Waals surface area contributed by atoms with Crippen LogP contribution < -0.4 is 14.9 Å². The molecule has 0 aliphatic carbocycles. The van der Waals surface area contributed by atoms with Gasteiger partial charge in [0.2, 0.25) is 0 Å². The van der Waals surface area contributed by atoms with Crippen molar-refractivity contribution in [3.8, 4) is 11.5 Å². The Morgan fingerprint density at radius 2 is 1.74 bits per heavy atom. The van der Waals surface area contributed by atoms with Gasteiger partial charge in [0.15, 0.2) is 11.5 Å². The molecule has 7 heteroatoms. The van der Waals surface area contributed by atoms with Crippen molar-refractivity contribution in [2.45, 2.75) is 6.92 Å². The van der Waals surface area contributed by atoms with Crippen LogP contribution in [0.1, 0.15) is 12.5 Å². The number of anilines is 1. The van der Waals surface area contributed by atoms with Gasteiger partial charge in [-0.2, -0.15) is 5.10 Å². The Bertz CT molecular complexity index is 727. The monoisotopic (exact) mass is 315 g/mol. The van der Waals surface area contributed by atoms with Crippen LogP contribution in [0, 0.1) is 10.1 Å². The number of non-ortho nitro benzene ring substituents is 1. The number of nitro groups is 1. The lowest BCUT2D eigenvalue weighted by molar-refractivity contribution is -0.384. The molecule has 0 atom stereocenters. The summed E-state index contributed by atoms with van der Waals surface area (Å²) in [5.41, 5.74) is 5.18. The molecule has 0 amide bonds. The van der Waals surface area contributed by atoms with Gasteiger partial charge >= 0.3 is 0 Å². The Labute approximate surface area is 133 Å². The quantitative estimate of drug-likeness (QED) is 0.501. The Hall–Kier alpha value is -3.09. The van der Waals surface area contributed by atoms with E-state index in [4.69, 9.17) is 9.47 Å². The molecule has 0 aliphatic rings. The van der Waals surface area contributed by atoms with E-state index < -0.39 is 4.92 Å². The summed E-state index contributed by atoms with van der Waals surface area (Å²) < 4.78 is 10.5. The smallest absolute Gasteiger partial charge is 0.269 e. The summed E-state index contributed by atoms with van der Waals surface area (Å²) in [5.74, 6) is 1.27. The molecule has 7 nitrogen and oxygen atoms in total. The van der Waals surface area contributed by atoms with Gasteiger partial charge in [-0.25, -0.2) is 0 Å². The molecule has 0 aromatic heterocycles. The first kappa shape index (κ1) is 16.3.